The van der Waals surface area contributed by atoms with Crippen LogP contribution in [-0.4, -0.2) is 36.2 Å². The van der Waals surface area contributed by atoms with Gasteiger partial charge in [0.15, 0.2) is 5.13 Å². The number of nitrogens with zero attached hydrogens (tertiary/aromatic N) is 1. The van der Waals surface area contributed by atoms with Gasteiger partial charge in [-0.3, -0.25) is 4.79 Å². The Morgan fingerprint density at radius 3 is 3.16 bits per heavy atom. The highest BCUT2D eigenvalue weighted by atomic mass is 32.1. The molecule has 3 heterocycles. The smallest absolute Gasteiger partial charge is 0.180 e. The summed E-state index contributed by atoms with van der Waals surface area (Å²) in [5.41, 5.74) is 6.17. The average molecular weight is 282 g/mol. The van der Waals surface area contributed by atoms with E-state index in [9.17, 15) is 4.79 Å². The van der Waals surface area contributed by atoms with E-state index >= 15 is 0 Å². The molecule has 0 amide bonds. The second-order valence-electron chi connectivity index (χ2n) is 5.34. The average Bonchev–Trinajstić information content (AvgIpc) is 3.00. The Kier molecular flexibility index (Phi) is 3.56. The maximum atomic E-state index is 12.3. The molecule has 2 unspecified atom stereocenters. The van der Waals surface area contributed by atoms with Gasteiger partial charge in [0.05, 0.1) is 17.9 Å². The van der Waals surface area contributed by atoms with Crippen molar-refractivity contribution >= 4 is 22.3 Å². The second-order valence-corrected chi connectivity index (χ2v) is 6.23. The summed E-state index contributed by atoms with van der Waals surface area (Å²) in [7, 11) is 0. The third kappa shape index (κ3) is 2.80. The predicted octanol–water partition coefficient (Wildman–Crippen LogP) is 1.42. The molecule has 1 spiro atoms. The molecule has 2 atom stereocenters. The normalized spacial score (nSPS) is 30.8. The van der Waals surface area contributed by atoms with Crippen molar-refractivity contribution in [2.45, 2.75) is 31.3 Å². The minimum absolute atomic E-state index is 0.0679. The molecule has 2 fully saturated rings. The first kappa shape index (κ1) is 13.0. The van der Waals surface area contributed by atoms with Gasteiger partial charge in [0.2, 0.25) is 0 Å². The maximum Gasteiger partial charge on any atom is 0.180 e. The van der Waals surface area contributed by atoms with Crippen LogP contribution in [0.5, 0.6) is 0 Å². The number of hydrogen-bond acceptors (Lipinski definition) is 6. The highest BCUT2D eigenvalue weighted by molar-refractivity contribution is 7.13. The van der Waals surface area contributed by atoms with Crippen LogP contribution in [0, 0.1) is 5.92 Å². The van der Waals surface area contributed by atoms with Gasteiger partial charge < -0.3 is 15.2 Å². The molecule has 0 saturated carbocycles. The third-order valence-electron chi connectivity index (χ3n) is 3.94. The highest BCUT2D eigenvalue weighted by Crippen LogP contribution is 2.36. The van der Waals surface area contributed by atoms with E-state index in [0.29, 0.717) is 24.8 Å². The third-order valence-corrected chi connectivity index (χ3v) is 4.66. The van der Waals surface area contributed by atoms with E-state index in [4.69, 9.17) is 15.2 Å². The lowest BCUT2D eigenvalue weighted by Crippen LogP contribution is -2.42. The van der Waals surface area contributed by atoms with Crippen LogP contribution in [-0.2, 0) is 20.7 Å². The monoisotopic (exact) mass is 282 g/mol. The zero-order chi connectivity index (χ0) is 13.3. The number of aromatic nitrogens is 1. The predicted molar refractivity (Wildman–Crippen MR) is 72.1 cm³/mol. The fourth-order valence-corrected chi connectivity index (χ4v) is 3.46. The van der Waals surface area contributed by atoms with Crippen molar-refractivity contribution in [2.24, 2.45) is 5.92 Å². The Bertz CT molecular complexity index is 468. The van der Waals surface area contributed by atoms with E-state index in [1.54, 1.807) is 0 Å². The van der Waals surface area contributed by atoms with Crippen LogP contribution in [0.25, 0.3) is 0 Å². The summed E-state index contributed by atoms with van der Waals surface area (Å²) in [6.45, 7) is 2.02. The quantitative estimate of drug-likeness (QED) is 0.907. The van der Waals surface area contributed by atoms with Gasteiger partial charge in [-0.2, -0.15) is 0 Å². The minimum atomic E-state index is -0.209. The number of Topliss-reactive ketones (excluding diaryl/α,β-unsaturated/α-hetero) is 1. The van der Waals surface area contributed by atoms with E-state index in [1.807, 2.05) is 5.38 Å². The lowest BCUT2D eigenvalue weighted by atomic mass is 9.82. The first-order chi connectivity index (χ1) is 9.17. The van der Waals surface area contributed by atoms with Gasteiger partial charge in [0.25, 0.3) is 0 Å². The summed E-state index contributed by atoms with van der Waals surface area (Å²) in [6.07, 6.45) is 2.88. The molecule has 0 radical (unpaired) electrons. The molecular weight excluding hydrogens is 264 g/mol. The van der Waals surface area contributed by atoms with Crippen molar-refractivity contribution in [3.8, 4) is 0 Å². The molecule has 2 aliphatic rings. The molecule has 104 valence electrons. The number of anilines is 1. The SMILES string of the molecule is Nc1nc(CC(=O)C2CCOC3(CCOC3)C2)cs1. The lowest BCUT2D eigenvalue weighted by Gasteiger charge is -2.36. The summed E-state index contributed by atoms with van der Waals surface area (Å²) in [5, 5.41) is 2.39. The van der Waals surface area contributed by atoms with E-state index in [2.05, 4.69) is 4.98 Å². The van der Waals surface area contributed by atoms with Crippen molar-refractivity contribution in [1.82, 2.24) is 4.98 Å². The van der Waals surface area contributed by atoms with Crippen LogP contribution in [0.15, 0.2) is 5.38 Å². The molecule has 1 aromatic rings. The van der Waals surface area contributed by atoms with Gasteiger partial charge in [-0.05, 0) is 12.8 Å². The number of hydrogen-bond donors (Lipinski definition) is 1. The topological polar surface area (TPSA) is 74.4 Å². The van der Waals surface area contributed by atoms with Crippen molar-refractivity contribution in [1.29, 1.82) is 0 Å². The standard InChI is InChI=1S/C13H18N2O3S/c14-12-15-10(7-19-12)5-11(16)9-1-3-18-13(6-9)2-4-17-8-13/h7,9H,1-6,8H2,(H2,14,15). The molecule has 2 N–H and O–H groups in total. The van der Waals surface area contributed by atoms with Crippen molar-refractivity contribution in [2.75, 3.05) is 25.6 Å². The highest BCUT2D eigenvalue weighted by Gasteiger charge is 2.42. The Labute approximate surface area is 116 Å². The number of rotatable bonds is 3. The molecule has 0 aromatic carbocycles. The molecule has 0 bridgehead atoms. The van der Waals surface area contributed by atoms with E-state index in [1.165, 1.54) is 11.3 Å². The number of ether oxygens (including phenoxy) is 2. The number of thiazole rings is 1. The Morgan fingerprint density at radius 2 is 2.47 bits per heavy atom. The van der Waals surface area contributed by atoms with Gasteiger partial charge in [0.1, 0.15) is 5.78 Å². The van der Waals surface area contributed by atoms with Crippen LogP contribution in [0.3, 0.4) is 0 Å². The summed E-state index contributed by atoms with van der Waals surface area (Å²) >= 11 is 1.38. The Hall–Kier alpha value is -0.980. The molecule has 0 aliphatic carbocycles. The molecule has 1 aromatic heterocycles. The number of nitrogens with two attached hydrogens (primary N) is 1. The van der Waals surface area contributed by atoms with Crippen molar-refractivity contribution in [3.05, 3.63) is 11.1 Å². The van der Waals surface area contributed by atoms with Crippen molar-refractivity contribution < 1.29 is 14.3 Å². The van der Waals surface area contributed by atoms with Crippen LogP contribution in [0.4, 0.5) is 5.13 Å². The molecular formula is C13H18N2O3S. The first-order valence-corrected chi connectivity index (χ1v) is 7.49. The van der Waals surface area contributed by atoms with Crippen molar-refractivity contribution in [3.63, 3.8) is 0 Å². The number of ketones is 1. The van der Waals surface area contributed by atoms with Crippen LogP contribution in [0.2, 0.25) is 0 Å². The summed E-state index contributed by atoms with van der Waals surface area (Å²) in [6, 6.07) is 0. The molecule has 3 rings (SSSR count). The molecule has 2 aliphatic heterocycles. The fourth-order valence-electron chi connectivity index (χ4n) is 2.89. The lowest BCUT2D eigenvalue weighted by molar-refractivity contribution is -0.136. The summed E-state index contributed by atoms with van der Waals surface area (Å²) in [4.78, 5) is 16.5. The molecule has 2 saturated heterocycles. The summed E-state index contributed by atoms with van der Waals surface area (Å²) in [5.74, 6) is 0.318. The Morgan fingerprint density at radius 1 is 1.58 bits per heavy atom. The van der Waals surface area contributed by atoms with Gasteiger partial charge in [-0.25, -0.2) is 4.98 Å². The van der Waals surface area contributed by atoms with Gasteiger partial charge in [-0.1, -0.05) is 0 Å². The summed E-state index contributed by atoms with van der Waals surface area (Å²) < 4.78 is 11.3. The number of carbonyl (C=O) groups is 1. The fraction of sp³-hybridized carbons (Fsp3) is 0.692. The Balaban J connectivity index is 1.63. The van der Waals surface area contributed by atoms with Crippen LogP contribution >= 0.6 is 11.3 Å². The molecule has 6 heteroatoms. The van der Waals surface area contributed by atoms with E-state index in [0.717, 1.165) is 31.6 Å². The van der Waals surface area contributed by atoms with Gasteiger partial charge in [0, 0.05) is 37.4 Å². The zero-order valence-electron chi connectivity index (χ0n) is 10.8. The largest absolute Gasteiger partial charge is 0.378 e. The van der Waals surface area contributed by atoms with Gasteiger partial charge in [-0.15, -0.1) is 11.3 Å². The van der Waals surface area contributed by atoms with Crippen LogP contribution < -0.4 is 5.73 Å². The second kappa shape index (κ2) is 5.19. The van der Waals surface area contributed by atoms with Crippen LogP contribution in [0.1, 0.15) is 25.0 Å². The zero-order valence-corrected chi connectivity index (χ0v) is 11.6. The number of nitrogen functional groups attached to an aromatic ring is 1. The first-order valence-electron chi connectivity index (χ1n) is 6.61. The maximum absolute atomic E-state index is 12.3. The van der Waals surface area contributed by atoms with E-state index < -0.39 is 0 Å². The molecule has 19 heavy (non-hydrogen) atoms. The van der Waals surface area contributed by atoms with E-state index in [-0.39, 0.29) is 17.3 Å². The van der Waals surface area contributed by atoms with Gasteiger partial charge >= 0.3 is 0 Å². The number of carbonyl (C=O) groups excluding carboxylic acids is 1. The molecule has 5 nitrogen and oxygen atoms in total. The minimum Gasteiger partial charge on any atom is -0.378 e.